The van der Waals surface area contributed by atoms with Gasteiger partial charge in [-0.05, 0) is 39.9 Å². The zero-order chi connectivity index (χ0) is 20.9. The van der Waals surface area contributed by atoms with Gasteiger partial charge in [0.1, 0.15) is 5.70 Å². The summed E-state index contributed by atoms with van der Waals surface area (Å²) in [6.45, 7) is 0. The Morgan fingerprint density at radius 3 is 2.26 bits per heavy atom. The Morgan fingerprint density at radius 2 is 1.55 bits per heavy atom. The van der Waals surface area contributed by atoms with Gasteiger partial charge in [-0.3, -0.25) is 15.1 Å². The van der Waals surface area contributed by atoms with Crippen molar-refractivity contribution in [3.63, 3.8) is 0 Å². The summed E-state index contributed by atoms with van der Waals surface area (Å²) in [6, 6.07) is 26.6. The summed E-state index contributed by atoms with van der Waals surface area (Å²) in [7, 11) is 0. The van der Waals surface area contributed by atoms with E-state index in [1.165, 1.54) is 11.8 Å². The fraction of sp³-hybridized carbons (Fsp3) is 0.0800. The normalized spacial score (nSPS) is 17.6. The molecular weight excluding hydrogens is 404 g/mol. The zero-order valence-electron chi connectivity index (χ0n) is 16.7. The molecule has 31 heavy (non-hydrogen) atoms. The number of hydrogen-bond acceptors (Lipinski definition) is 5. The molecule has 0 saturated heterocycles. The van der Waals surface area contributed by atoms with Crippen LogP contribution in [0.5, 0.6) is 0 Å². The van der Waals surface area contributed by atoms with E-state index in [1.807, 2.05) is 54.8 Å². The molecule has 0 unspecified atom stereocenters. The minimum Gasteiger partial charge on any atom is -0.298 e. The number of rotatable bonds is 1. The SMILES string of the molecule is CSC1=NN2C(=c3ccccc3=N[C@H]2c2c3ccccc3cc3ccccc23)C(=O)N1. The highest BCUT2D eigenvalue weighted by atomic mass is 32.2. The Balaban J connectivity index is 1.75. The van der Waals surface area contributed by atoms with Crippen molar-refractivity contribution in [3.05, 3.63) is 95.0 Å². The first-order valence-electron chi connectivity index (χ1n) is 10.1. The molecule has 4 aromatic carbocycles. The molecule has 0 saturated carbocycles. The van der Waals surface area contributed by atoms with Gasteiger partial charge in [0, 0.05) is 10.8 Å². The van der Waals surface area contributed by atoms with Gasteiger partial charge >= 0.3 is 0 Å². The van der Waals surface area contributed by atoms with Gasteiger partial charge in [-0.25, -0.2) is 5.01 Å². The maximum atomic E-state index is 13.1. The number of nitrogens with one attached hydrogen (secondary N) is 1. The molecule has 1 N–H and O–H groups in total. The average Bonchev–Trinajstić information content (AvgIpc) is 2.81. The maximum Gasteiger partial charge on any atom is 0.276 e. The van der Waals surface area contributed by atoms with Crippen molar-refractivity contribution in [3.8, 4) is 0 Å². The molecule has 6 heteroatoms. The van der Waals surface area contributed by atoms with Gasteiger partial charge in [-0.2, -0.15) is 0 Å². The highest BCUT2D eigenvalue weighted by molar-refractivity contribution is 8.13. The second kappa shape index (κ2) is 6.96. The molecule has 0 fully saturated rings. The Morgan fingerprint density at radius 1 is 0.903 bits per heavy atom. The number of hydrogen-bond donors (Lipinski definition) is 1. The van der Waals surface area contributed by atoms with E-state index < -0.39 is 6.17 Å². The molecule has 0 aliphatic carbocycles. The predicted molar refractivity (Wildman–Crippen MR) is 126 cm³/mol. The molecule has 0 aromatic heterocycles. The molecule has 2 aliphatic heterocycles. The van der Waals surface area contributed by atoms with E-state index in [9.17, 15) is 4.79 Å². The number of amidine groups is 1. The quantitative estimate of drug-likeness (QED) is 0.478. The second-order valence-corrected chi connectivity index (χ2v) is 8.30. The summed E-state index contributed by atoms with van der Waals surface area (Å²) in [6.07, 6.45) is 1.45. The van der Waals surface area contributed by atoms with Crippen LogP contribution in [0.25, 0.3) is 27.2 Å². The Kier molecular flexibility index (Phi) is 4.07. The van der Waals surface area contributed by atoms with Gasteiger partial charge in [0.15, 0.2) is 11.3 Å². The van der Waals surface area contributed by atoms with Crippen LogP contribution in [0.2, 0.25) is 0 Å². The summed E-state index contributed by atoms with van der Waals surface area (Å²) in [4.78, 5) is 18.3. The first kappa shape index (κ1) is 18.2. The molecule has 1 amide bonds. The molecule has 2 aliphatic rings. The number of nitrogens with zero attached hydrogens (tertiary/aromatic N) is 3. The van der Waals surface area contributed by atoms with Crippen LogP contribution in [0.1, 0.15) is 11.7 Å². The molecule has 0 radical (unpaired) electrons. The third kappa shape index (κ3) is 2.75. The molecule has 1 atom stereocenters. The van der Waals surface area contributed by atoms with Gasteiger partial charge in [0.25, 0.3) is 5.91 Å². The minimum absolute atomic E-state index is 0.156. The van der Waals surface area contributed by atoms with Gasteiger partial charge in [-0.15, -0.1) is 5.10 Å². The largest absolute Gasteiger partial charge is 0.298 e. The Bertz CT molecular complexity index is 1490. The van der Waals surface area contributed by atoms with E-state index in [4.69, 9.17) is 10.1 Å². The van der Waals surface area contributed by atoms with Gasteiger partial charge in [0.2, 0.25) is 0 Å². The Hall–Kier alpha value is -3.64. The lowest BCUT2D eigenvalue weighted by atomic mass is 9.94. The number of para-hydroxylation sites is 1. The van der Waals surface area contributed by atoms with Crippen molar-refractivity contribution in [1.29, 1.82) is 0 Å². The molecule has 0 bridgehead atoms. The van der Waals surface area contributed by atoms with E-state index in [1.54, 1.807) is 5.01 Å². The third-order valence-corrected chi connectivity index (χ3v) is 6.35. The summed E-state index contributed by atoms with van der Waals surface area (Å²) >= 11 is 1.41. The monoisotopic (exact) mass is 422 g/mol. The van der Waals surface area contributed by atoms with Crippen molar-refractivity contribution in [2.45, 2.75) is 6.17 Å². The number of amides is 1. The number of thioether (sulfide) groups is 1. The fourth-order valence-electron chi connectivity index (χ4n) is 4.43. The van der Waals surface area contributed by atoms with Crippen molar-refractivity contribution < 1.29 is 4.79 Å². The Labute approximate surface area is 182 Å². The summed E-state index contributed by atoms with van der Waals surface area (Å²) in [5.74, 6) is -0.156. The van der Waals surface area contributed by atoms with Gasteiger partial charge < -0.3 is 0 Å². The van der Waals surface area contributed by atoms with E-state index >= 15 is 0 Å². The van der Waals surface area contributed by atoms with Crippen LogP contribution in [-0.4, -0.2) is 22.3 Å². The molecule has 0 spiro atoms. The van der Waals surface area contributed by atoms with Crippen LogP contribution < -0.4 is 15.9 Å². The van der Waals surface area contributed by atoms with E-state index in [0.717, 1.165) is 37.7 Å². The number of carbonyl (C=O) groups excluding carboxylic acids is 1. The third-order valence-electron chi connectivity index (χ3n) is 5.78. The molecule has 150 valence electrons. The lowest BCUT2D eigenvalue weighted by Crippen LogP contribution is -2.50. The number of fused-ring (bicyclic) bond motifs is 4. The van der Waals surface area contributed by atoms with Crippen molar-refractivity contribution in [2.75, 3.05) is 6.26 Å². The van der Waals surface area contributed by atoms with E-state index in [0.29, 0.717) is 10.9 Å². The summed E-state index contributed by atoms with van der Waals surface area (Å²) in [5, 5.41) is 16.2. The topological polar surface area (TPSA) is 57.1 Å². The van der Waals surface area contributed by atoms with Crippen LogP contribution in [0.15, 0.2) is 89.0 Å². The standard InChI is InChI=1S/C25H18N4OS/c1-31-25-27-24(30)22-19-12-6-7-13-20(19)26-23(29(22)28-25)21-17-10-4-2-8-15(17)14-16-9-3-5-11-18(16)21/h2-14,23H,1H3,(H,27,28,30)/t23-/m1/s1. The molecule has 4 aromatic rings. The predicted octanol–water partition coefficient (Wildman–Crippen LogP) is 3.50. The van der Waals surface area contributed by atoms with Crippen molar-refractivity contribution in [2.24, 2.45) is 10.1 Å². The molecule has 5 nitrogen and oxygen atoms in total. The highest BCUT2D eigenvalue weighted by Gasteiger charge is 2.35. The van der Waals surface area contributed by atoms with Crippen LogP contribution in [0.3, 0.4) is 0 Å². The summed E-state index contributed by atoms with van der Waals surface area (Å²) < 4.78 is 0. The van der Waals surface area contributed by atoms with Crippen molar-refractivity contribution >= 4 is 50.1 Å². The van der Waals surface area contributed by atoms with E-state index in [-0.39, 0.29) is 5.91 Å². The molecular formula is C25H18N4OS. The summed E-state index contributed by atoms with van der Waals surface area (Å²) in [5.41, 5.74) is 1.59. The van der Waals surface area contributed by atoms with Crippen molar-refractivity contribution in [1.82, 2.24) is 10.3 Å². The van der Waals surface area contributed by atoms with Crippen LogP contribution in [0.4, 0.5) is 0 Å². The lowest BCUT2D eigenvalue weighted by Gasteiger charge is -2.34. The highest BCUT2D eigenvalue weighted by Crippen LogP contribution is 2.39. The van der Waals surface area contributed by atoms with Gasteiger partial charge in [-0.1, -0.05) is 78.5 Å². The average molecular weight is 423 g/mol. The number of carbonyl (C=O) groups is 1. The molecule has 6 rings (SSSR count). The second-order valence-electron chi connectivity index (χ2n) is 7.51. The van der Waals surface area contributed by atoms with Crippen LogP contribution in [-0.2, 0) is 4.79 Å². The minimum atomic E-state index is -0.450. The van der Waals surface area contributed by atoms with E-state index in [2.05, 4.69) is 35.6 Å². The maximum absolute atomic E-state index is 13.1. The van der Waals surface area contributed by atoms with Crippen LogP contribution >= 0.6 is 11.8 Å². The number of hydrazone groups is 1. The zero-order valence-corrected chi connectivity index (χ0v) is 17.6. The first-order valence-corrected chi connectivity index (χ1v) is 11.3. The van der Waals surface area contributed by atoms with Gasteiger partial charge in [0.05, 0.1) is 5.36 Å². The smallest absolute Gasteiger partial charge is 0.276 e. The lowest BCUT2D eigenvalue weighted by molar-refractivity contribution is -0.116. The first-order chi connectivity index (χ1) is 15.2. The molecule has 2 heterocycles. The van der Waals surface area contributed by atoms with Crippen LogP contribution in [0, 0.1) is 0 Å². The number of benzene rings is 4. The fourth-order valence-corrected chi connectivity index (χ4v) is 4.80.